The maximum absolute atomic E-state index is 11.7. The summed E-state index contributed by atoms with van der Waals surface area (Å²) in [5.74, 6) is 0.587. The molecule has 1 aromatic rings. The zero-order valence-corrected chi connectivity index (χ0v) is 11.8. The van der Waals surface area contributed by atoms with Gasteiger partial charge in [0.25, 0.3) is 10.0 Å². The van der Waals surface area contributed by atoms with Crippen molar-refractivity contribution in [2.75, 3.05) is 6.54 Å². The van der Waals surface area contributed by atoms with Crippen LogP contribution in [-0.2, 0) is 16.6 Å². The predicted octanol–water partition coefficient (Wildman–Crippen LogP) is 1.63. The molecule has 0 bridgehead atoms. The number of nitrogens with one attached hydrogen (secondary N) is 2. The predicted molar refractivity (Wildman–Crippen MR) is 70.7 cm³/mol. The topological polar surface area (TPSA) is 71.3 Å². The van der Waals surface area contributed by atoms with Crippen molar-refractivity contribution >= 4 is 10.0 Å². The van der Waals surface area contributed by atoms with Crippen molar-refractivity contribution in [3.8, 4) is 0 Å². The van der Waals surface area contributed by atoms with Crippen molar-refractivity contribution < 1.29 is 12.8 Å². The molecule has 0 saturated heterocycles. The molecule has 0 amide bonds. The highest BCUT2D eigenvalue weighted by atomic mass is 32.2. The fraction of sp³-hybridized carbons (Fsp3) is 0.500. The van der Waals surface area contributed by atoms with Gasteiger partial charge in [-0.1, -0.05) is 6.08 Å². The average molecular weight is 272 g/mol. The summed E-state index contributed by atoms with van der Waals surface area (Å²) in [6.45, 7) is 10.2. The first-order valence-electron chi connectivity index (χ1n) is 5.69. The van der Waals surface area contributed by atoms with Crippen molar-refractivity contribution in [1.29, 1.82) is 0 Å². The smallest absolute Gasteiger partial charge is 0.274 e. The van der Waals surface area contributed by atoms with Crippen molar-refractivity contribution in [3.05, 3.63) is 30.5 Å². The van der Waals surface area contributed by atoms with Crippen LogP contribution in [0.1, 0.15) is 26.5 Å². The van der Waals surface area contributed by atoms with Gasteiger partial charge < -0.3 is 9.73 Å². The number of furan rings is 1. The van der Waals surface area contributed by atoms with E-state index in [1.807, 2.05) is 20.8 Å². The molecule has 0 atom stereocenters. The van der Waals surface area contributed by atoms with Gasteiger partial charge in [-0.2, -0.15) is 0 Å². The molecule has 0 aliphatic rings. The summed E-state index contributed by atoms with van der Waals surface area (Å²) >= 11 is 0. The molecule has 18 heavy (non-hydrogen) atoms. The SMILES string of the molecule is C=CCNS(=O)(=O)c1ccc(CNC(C)(C)C)o1. The van der Waals surface area contributed by atoms with E-state index in [0.717, 1.165) is 0 Å². The Kier molecular flexibility index (Phi) is 4.72. The lowest BCUT2D eigenvalue weighted by molar-refractivity contribution is 0.359. The molecular formula is C12H20N2O3S. The van der Waals surface area contributed by atoms with Crippen molar-refractivity contribution in [1.82, 2.24) is 10.0 Å². The monoisotopic (exact) mass is 272 g/mol. The molecule has 0 aliphatic heterocycles. The highest BCUT2D eigenvalue weighted by Crippen LogP contribution is 2.14. The van der Waals surface area contributed by atoms with Crippen LogP contribution in [0.5, 0.6) is 0 Å². The van der Waals surface area contributed by atoms with Gasteiger partial charge in [0.1, 0.15) is 5.76 Å². The van der Waals surface area contributed by atoms with Crippen molar-refractivity contribution in [3.63, 3.8) is 0 Å². The van der Waals surface area contributed by atoms with E-state index in [1.165, 1.54) is 12.1 Å². The first-order valence-corrected chi connectivity index (χ1v) is 7.17. The van der Waals surface area contributed by atoms with E-state index >= 15 is 0 Å². The van der Waals surface area contributed by atoms with Gasteiger partial charge in [0.2, 0.25) is 5.09 Å². The molecule has 1 aromatic heterocycles. The Hall–Kier alpha value is -1.11. The second-order valence-corrected chi connectivity index (χ2v) is 6.66. The zero-order chi connectivity index (χ0) is 13.8. The van der Waals surface area contributed by atoms with Gasteiger partial charge in [0.15, 0.2) is 0 Å². The molecule has 2 N–H and O–H groups in total. The second kappa shape index (κ2) is 5.69. The maximum Gasteiger partial charge on any atom is 0.274 e. The van der Waals surface area contributed by atoms with Crippen molar-refractivity contribution in [2.24, 2.45) is 0 Å². The van der Waals surface area contributed by atoms with E-state index in [4.69, 9.17) is 4.42 Å². The molecule has 0 saturated carbocycles. The number of sulfonamides is 1. The third-order valence-electron chi connectivity index (χ3n) is 2.11. The molecule has 0 aliphatic carbocycles. The van der Waals surface area contributed by atoms with E-state index in [1.54, 1.807) is 6.07 Å². The molecule has 0 radical (unpaired) electrons. The first kappa shape index (κ1) is 14.9. The summed E-state index contributed by atoms with van der Waals surface area (Å²) in [6.07, 6.45) is 1.47. The zero-order valence-electron chi connectivity index (χ0n) is 11.0. The molecule has 0 unspecified atom stereocenters. The minimum atomic E-state index is -3.57. The Balaban J connectivity index is 2.71. The molecule has 5 nitrogen and oxygen atoms in total. The van der Waals surface area contributed by atoms with Crippen LogP contribution in [0.3, 0.4) is 0 Å². The summed E-state index contributed by atoms with van der Waals surface area (Å²) in [5.41, 5.74) is -0.0487. The third-order valence-corrected chi connectivity index (χ3v) is 3.41. The van der Waals surface area contributed by atoms with E-state index in [9.17, 15) is 8.42 Å². The molecule has 0 aromatic carbocycles. The van der Waals surface area contributed by atoms with Crippen LogP contribution in [0.2, 0.25) is 0 Å². The van der Waals surface area contributed by atoms with Gasteiger partial charge in [0.05, 0.1) is 6.54 Å². The average Bonchev–Trinajstić information content (AvgIpc) is 2.72. The largest absolute Gasteiger partial charge is 0.447 e. The first-order chi connectivity index (χ1) is 8.24. The Bertz CT molecular complexity index is 498. The van der Waals surface area contributed by atoms with E-state index in [2.05, 4.69) is 16.6 Å². The third kappa shape index (κ3) is 4.64. The summed E-state index contributed by atoms with van der Waals surface area (Å²) < 4.78 is 31.1. The molecule has 6 heteroatoms. The fourth-order valence-electron chi connectivity index (χ4n) is 1.19. The Morgan fingerprint density at radius 2 is 2.06 bits per heavy atom. The lowest BCUT2D eigenvalue weighted by Gasteiger charge is -2.19. The number of hydrogen-bond acceptors (Lipinski definition) is 4. The minimum absolute atomic E-state index is 0.0487. The Morgan fingerprint density at radius 3 is 2.61 bits per heavy atom. The van der Waals surface area contributed by atoms with Crippen molar-refractivity contribution in [2.45, 2.75) is 37.9 Å². The minimum Gasteiger partial charge on any atom is -0.447 e. The second-order valence-electron chi connectivity index (χ2n) is 4.96. The lowest BCUT2D eigenvalue weighted by atomic mass is 10.1. The van der Waals surface area contributed by atoms with E-state index < -0.39 is 10.0 Å². The summed E-state index contributed by atoms with van der Waals surface area (Å²) in [5, 5.41) is 3.15. The van der Waals surface area contributed by atoms with Crippen LogP contribution < -0.4 is 10.0 Å². The molecule has 102 valence electrons. The fourth-order valence-corrected chi connectivity index (χ4v) is 2.13. The van der Waals surface area contributed by atoms with Crippen LogP contribution >= 0.6 is 0 Å². The van der Waals surface area contributed by atoms with Gasteiger partial charge in [-0.15, -0.1) is 6.58 Å². The highest BCUT2D eigenvalue weighted by Gasteiger charge is 2.18. The van der Waals surface area contributed by atoms with Crippen LogP contribution in [0.4, 0.5) is 0 Å². The van der Waals surface area contributed by atoms with Gasteiger partial charge in [0, 0.05) is 12.1 Å². The van der Waals surface area contributed by atoms with E-state index in [0.29, 0.717) is 12.3 Å². The lowest BCUT2D eigenvalue weighted by Crippen LogP contribution is -2.34. The van der Waals surface area contributed by atoms with Crippen LogP contribution in [-0.4, -0.2) is 20.5 Å². The molecule has 1 heterocycles. The van der Waals surface area contributed by atoms with Gasteiger partial charge >= 0.3 is 0 Å². The van der Waals surface area contributed by atoms with Crippen LogP contribution in [0.25, 0.3) is 0 Å². The summed E-state index contributed by atoms with van der Waals surface area (Å²) in [7, 11) is -3.57. The summed E-state index contributed by atoms with van der Waals surface area (Å²) in [4.78, 5) is 0. The van der Waals surface area contributed by atoms with E-state index in [-0.39, 0.29) is 17.2 Å². The molecule has 0 fully saturated rings. The summed E-state index contributed by atoms with van der Waals surface area (Å²) in [6, 6.07) is 3.10. The number of rotatable bonds is 6. The Morgan fingerprint density at radius 1 is 1.39 bits per heavy atom. The van der Waals surface area contributed by atoms with Gasteiger partial charge in [-0.05, 0) is 32.9 Å². The quantitative estimate of drug-likeness (QED) is 0.772. The standard InChI is InChI=1S/C12H20N2O3S/c1-5-8-14-18(15,16)11-7-6-10(17-11)9-13-12(2,3)4/h5-7,13-14H,1,8-9H2,2-4H3. The highest BCUT2D eigenvalue weighted by molar-refractivity contribution is 7.89. The van der Waals surface area contributed by atoms with Crippen LogP contribution in [0.15, 0.2) is 34.3 Å². The normalized spacial score (nSPS) is 12.6. The molecule has 0 spiro atoms. The molecule has 1 rings (SSSR count). The number of hydrogen-bond donors (Lipinski definition) is 2. The molecular weight excluding hydrogens is 252 g/mol. The van der Waals surface area contributed by atoms with Gasteiger partial charge in [-0.25, -0.2) is 13.1 Å². The van der Waals surface area contributed by atoms with Crippen LogP contribution in [0, 0.1) is 0 Å². The maximum atomic E-state index is 11.7. The Labute approximate surface area is 108 Å². The van der Waals surface area contributed by atoms with Gasteiger partial charge in [-0.3, -0.25) is 0 Å².